The van der Waals surface area contributed by atoms with Crippen LogP contribution in [-0.2, 0) is 9.13 Å². The Labute approximate surface area is 100 Å². The maximum absolute atomic E-state index is 11.5. The van der Waals surface area contributed by atoms with Crippen molar-refractivity contribution < 1.29 is 28.7 Å². The molecule has 7 nitrogen and oxygen atoms in total. The molecule has 17 heavy (non-hydrogen) atoms. The van der Waals surface area contributed by atoms with Crippen molar-refractivity contribution in [1.82, 2.24) is 4.90 Å². The summed E-state index contributed by atoms with van der Waals surface area (Å²) in [4.78, 5) is 39.0. The summed E-state index contributed by atoms with van der Waals surface area (Å²) in [6.07, 6.45) is 0.0833. The minimum absolute atomic E-state index is 0.0833. The quantitative estimate of drug-likeness (QED) is 0.535. The van der Waals surface area contributed by atoms with E-state index in [-0.39, 0.29) is 6.42 Å². The first-order valence-electron chi connectivity index (χ1n) is 5.20. The van der Waals surface area contributed by atoms with Crippen LogP contribution in [0.3, 0.4) is 0 Å². The number of rotatable bonds is 2. The first-order chi connectivity index (χ1) is 7.38. The van der Waals surface area contributed by atoms with Crippen molar-refractivity contribution in [2.24, 2.45) is 0 Å². The molecule has 0 spiro atoms. The second-order valence-corrected chi connectivity index (χ2v) is 8.63. The molecule has 1 aliphatic rings. The molecule has 0 amide bonds. The van der Waals surface area contributed by atoms with E-state index in [0.29, 0.717) is 6.54 Å². The maximum Gasteiger partial charge on any atom is 0.331 e. The van der Waals surface area contributed by atoms with E-state index in [2.05, 4.69) is 0 Å². The molecule has 1 saturated heterocycles. The highest BCUT2D eigenvalue weighted by atomic mass is 31.2. The second-order valence-electron chi connectivity index (χ2n) is 5.05. The molecule has 1 rings (SSSR count). The van der Waals surface area contributed by atoms with Crippen molar-refractivity contribution in [2.75, 3.05) is 13.6 Å². The molecule has 0 aromatic rings. The standard InChI is InChI=1S/C8H19NO6P2/c1-8(2)7(17(13,14)15)6(16(10,11)12)4-5-9(8)3/h6-7H,4-5H2,1-3H3,(H2,10,11,12)(H2,13,14,15). The molecule has 0 bridgehead atoms. The molecule has 4 N–H and O–H groups in total. The van der Waals surface area contributed by atoms with Gasteiger partial charge in [0.05, 0.1) is 11.3 Å². The van der Waals surface area contributed by atoms with Crippen LogP contribution in [0.5, 0.6) is 0 Å². The van der Waals surface area contributed by atoms with E-state index in [0.717, 1.165) is 0 Å². The van der Waals surface area contributed by atoms with Crippen LogP contribution in [0.2, 0.25) is 0 Å². The lowest BCUT2D eigenvalue weighted by Crippen LogP contribution is -2.59. The molecule has 102 valence electrons. The number of hydrogen-bond acceptors (Lipinski definition) is 3. The SMILES string of the molecule is CN1CCC(P(=O)(O)O)C(P(=O)(O)O)C1(C)C. The summed E-state index contributed by atoms with van der Waals surface area (Å²) in [6.45, 7) is 3.59. The van der Waals surface area contributed by atoms with Gasteiger partial charge in [-0.15, -0.1) is 0 Å². The number of piperidine rings is 1. The molecule has 2 unspecified atom stereocenters. The average molecular weight is 287 g/mol. The molecule has 1 heterocycles. The molecule has 0 saturated carbocycles. The Morgan fingerprint density at radius 3 is 1.94 bits per heavy atom. The molecule has 2 atom stereocenters. The Bertz CT molecular complexity index is 385. The van der Waals surface area contributed by atoms with E-state index < -0.39 is 32.0 Å². The van der Waals surface area contributed by atoms with Crippen LogP contribution in [0.25, 0.3) is 0 Å². The number of hydrogen-bond donors (Lipinski definition) is 4. The van der Waals surface area contributed by atoms with Gasteiger partial charge >= 0.3 is 15.2 Å². The van der Waals surface area contributed by atoms with Crippen LogP contribution < -0.4 is 0 Å². The topological polar surface area (TPSA) is 118 Å². The Hall–Kier alpha value is 0.260. The molecule has 0 aromatic heterocycles. The first-order valence-corrected chi connectivity index (χ1v) is 8.56. The molecular formula is C8H19NO6P2. The fourth-order valence-corrected chi connectivity index (χ4v) is 6.30. The lowest BCUT2D eigenvalue weighted by Gasteiger charge is -2.49. The summed E-state index contributed by atoms with van der Waals surface area (Å²) in [7, 11) is -7.41. The average Bonchev–Trinajstić information content (AvgIpc) is 2.04. The first kappa shape index (κ1) is 15.3. The zero-order chi connectivity index (χ0) is 13.6. The van der Waals surface area contributed by atoms with Gasteiger partial charge in [-0.1, -0.05) is 0 Å². The predicted molar refractivity (Wildman–Crippen MR) is 63.0 cm³/mol. The number of nitrogens with zero attached hydrogens (tertiary/aromatic N) is 1. The van der Waals surface area contributed by atoms with Crippen LogP contribution in [0, 0.1) is 0 Å². The third-order valence-corrected chi connectivity index (χ3v) is 7.00. The normalized spacial score (nSPS) is 31.5. The van der Waals surface area contributed by atoms with Gasteiger partial charge in [-0.2, -0.15) is 0 Å². The molecule has 0 aliphatic carbocycles. The van der Waals surface area contributed by atoms with Gasteiger partial charge in [0, 0.05) is 5.54 Å². The van der Waals surface area contributed by atoms with Crippen molar-refractivity contribution in [3.05, 3.63) is 0 Å². The van der Waals surface area contributed by atoms with Crippen molar-refractivity contribution >= 4 is 15.2 Å². The molecule has 1 fully saturated rings. The Morgan fingerprint density at radius 1 is 1.12 bits per heavy atom. The van der Waals surface area contributed by atoms with Gasteiger partial charge < -0.3 is 24.5 Å². The summed E-state index contributed by atoms with van der Waals surface area (Å²) < 4.78 is 22.9. The smallest absolute Gasteiger partial charge is 0.324 e. The maximum atomic E-state index is 11.5. The zero-order valence-corrected chi connectivity index (χ0v) is 11.8. The minimum atomic E-state index is -4.59. The van der Waals surface area contributed by atoms with Crippen LogP contribution in [0.15, 0.2) is 0 Å². The second kappa shape index (κ2) is 4.42. The Balaban J connectivity index is 3.27. The molecule has 0 radical (unpaired) electrons. The van der Waals surface area contributed by atoms with E-state index in [9.17, 15) is 28.7 Å². The molecular weight excluding hydrogens is 268 g/mol. The summed E-state index contributed by atoms with van der Waals surface area (Å²) in [5, 5.41) is 0. The van der Waals surface area contributed by atoms with Gasteiger partial charge in [0.2, 0.25) is 0 Å². The summed E-state index contributed by atoms with van der Waals surface area (Å²) in [5.41, 5.74) is -3.59. The molecule has 1 aliphatic heterocycles. The van der Waals surface area contributed by atoms with Crippen LogP contribution in [0.4, 0.5) is 0 Å². The Morgan fingerprint density at radius 2 is 1.59 bits per heavy atom. The summed E-state index contributed by atoms with van der Waals surface area (Å²) in [6, 6.07) is 0. The highest BCUT2D eigenvalue weighted by Crippen LogP contribution is 2.60. The third kappa shape index (κ3) is 2.99. The van der Waals surface area contributed by atoms with Crippen molar-refractivity contribution in [3.8, 4) is 0 Å². The predicted octanol–water partition coefficient (Wildman–Crippen LogP) is 0.193. The van der Waals surface area contributed by atoms with E-state index in [1.807, 2.05) is 0 Å². The van der Waals surface area contributed by atoms with E-state index in [1.54, 1.807) is 25.8 Å². The largest absolute Gasteiger partial charge is 0.331 e. The van der Waals surface area contributed by atoms with E-state index in [1.165, 1.54) is 0 Å². The third-order valence-electron chi connectivity index (χ3n) is 3.63. The van der Waals surface area contributed by atoms with Crippen molar-refractivity contribution in [2.45, 2.75) is 37.1 Å². The van der Waals surface area contributed by atoms with E-state index >= 15 is 0 Å². The molecule has 9 heteroatoms. The van der Waals surface area contributed by atoms with Gasteiger partial charge in [0.25, 0.3) is 0 Å². The van der Waals surface area contributed by atoms with Gasteiger partial charge in [-0.05, 0) is 33.9 Å². The molecule has 0 aromatic carbocycles. The monoisotopic (exact) mass is 287 g/mol. The van der Waals surface area contributed by atoms with Gasteiger partial charge in [-0.3, -0.25) is 9.13 Å². The summed E-state index contributed by atoms with van der Waals surface area (Å²) in [5.74, 6) is 0. The minimum Gasteiger partial charge on any atom is -0.324 e. The van der Waals surface area contributed by atoms with Crippen molar-refractivity contribution in [3.63, 3.8) is 0 Å². The lowest BCUT2D eigenvalue weighted by atomic mass is 9.90. The van der Waals surface area contributed by atoms with Gasteiger partial charge in [0.1, 0.15) is 0 Å². The fraction of sp³-hybridized carbons (Fsp3) is 1.00. The van der Waals surface area contributed by atoms with Gasteiger partial charge in [0.15, 0.2) is 0 Å². The van der Waals surface area contributed by atoms with Crippen LogP contribution in [0.1, 0.15) is 20.3 Å². The van der Waals surface area contributed by atoms with E-state index in [4.69, 9.17) is 0 Å². The highest BCUT2D eigenvalue weighted by Gasteiger charge is 2.56. The van der Waals surface area contributed by atoms with Crippen LogP contribution >= 0.6 is 15.2 Å². The number of likely N-dealkylation sites (tertiary alicyclic amines) is 1. The fourth-order valence-electron chi connectivity index (χ4n) is 2.46. The van der Waals surface area contributed by atoms with Crippen LogP contribution in [-0.4, -0.2) is 54.9 Å². The Kier molecular flexibility index (Phi) is 3.99. The highest BCUT2D eigenvalue weighted by molar-refractivity contribution is 7.57. The van der Waals surface area contributed by atoms with Crippen molar-refractivity contribution in [1.29, 1.82) is 0 Å². The summed E-state index contributed by atoms with van der Waals surface area (Å²) >= 11 is 0. The lowest BCUT2D eigenvalue weighted by molar-refractivity contribution is 0.0964. The van der Waals surface area contributed by atoms with Gasteiger partial charge in [-0.25, -0.2) is 0 Å². The zero-order valence-electron chi connectivity index (χ0n) is 10.0.